The molecule has 0 saturated heterocycles. The summed E-state index contributed by atoms with van der Waals surface area (Å²) >= 11 is 4.74. The number of hydrogen-bond donors (Lipinski definition) is 2. The van der Waals surface area contributed by atoms with Gasteiger partial charge in [-0.2, -0.15) is 0 Å². The van der Waals surface area contributed by atoms with Gasteiger partial charge in [0.05, 0.1) is 22.9 Å². The van der Waals surface area contributed by atoms with Crippen LogP contribution in [-0.4, -0.2) is 23.9 Å². The Balaban J connectivity index is 1.89. The summed E-state index contributed by atoms with van der Waals surface area (Å²) in [6.07, 6.45) is 0. The zero-order chi connectivity index (χ0) is 18.8. The fourth-order valence-corrected chi connectivity index (χ4v) is 4.07. The number of anilines is 2. The molecule has 0 spiro atoms. The van der Waals surface area contributed by atoms with Crippen molar-refractivity contribution in [3.63, 3.8) is 0 Å². The van der Waals surface area contributed by atoms with Crippen molar-refractivity contribution in [2.75, 3.05) is 17.7 Å². The number of halogens is 1. The van der Waals surface area contributed by atoms with Gasteiger partial charge in [0.1, 0.15) is 5.75 Å². The summed E-state index contributed by atoms with van der Waals surface area (Å²) in [6.45, 7) is 3.33. The van der Waals surface area contributed by atoms with Gasteiger partial charge >= 0.3 is 0 Å². The van der Waals surface area contributed by atoms with E-state index < -0.39 is 0 Å². The number of amides is 2. The zero-order valence-electron chi connectivity index (χ0n) is 14.3. The first-order chi connectivity index (χ1) is 12.4. The van der Waals surface area contributed by atoms with E-state index in [1.807, 2.05) is 19.1 Å². The fraction of sp³-hybridized carbons (Fsp3) is 0.167. The Hall–Kier alpha value is -2.45. The van der Waals surface area contributed by atoms with Gasteiger partial charge in [-0.05, 0) is 42.8 Å². The van der Waals surface area contributed by atoms with Crippen molar-refractivity contribution in [1.29, 1.82) is 0 Å². The van der Waals surface area contributed by atoms with Gasteiger partial charge < -0.3 is 10.1 Å². The molecule has 0 radical (unpaired) electrons. The molecule has 1 aromatic heterocycles. The molecule has 2 amide bonds. The second-order valence-corrected chi connectivity index (χ2v) is 7.59. The van der Waals surface area contributed by atoms with Gasteiger partial charge in [-0.25, -0.2) is 4.98 Å². The number of aromatic nitrogens is 1. The maximum atomic E-state index is 12.7. The van der Waals surface area contributed by atoms with Crippen molar-refractivity contribution < 1.29 is 14.3 Å². The molecule has 6 nitrogen and oxygen atoms in total. The summed E-state index contributed by atoms with van der Waals surface area (Å²) in [4.78, 5) is 28.3. The maximum absolute atomic E-state index is 12.7. The zero-order valence-corrected chi connectivity index (χ0v) is 16.7. The van der Waals surface area contributed by atoms with Crippen LogP contribution in [0.15, 0.2) is 34.8 Å². The van der Waals surface area contributed by atoms with Gasteiger partial charge in [0.2, 0.25) is 5.91 Å². The van der Waals surface area contributed by atoms with Crippen LogP contribution in [0.25, 0.3) is 10.2 Å². The van der Waals surface area contributed by atoms with E-state index in [4.69, 9.17) is 4.74 Å². The smallest absolute Gasteiger partial charge is 0.261 e. The maximum Gasteiger partial charge on any atom is 0.261 e. The fourth-order valence-electron chi connectivity index (χ4n) is 2.59. The lowest BCUT2D eigenvalue weighted by molar-refractivity contribution is -0.114. The van der Waals surface area contributed by atoms with E-state index in [1.165, 1.54) is 25.4 Å². The van der Waals surface area contributed by atoms with E-state index in [1.54, 1.807) is 18.2 Å². The van der Waals surface area contributed by atoms with E-state index >= 15 is 0 Å². The number of aryl methyl sites for hydroxylation is 1. The van der Waals surface area contributed by atoms with E-state index in [9.17, 15) is 9.59 Å². The molecule has 2 aromatic carbocycles. The highest BCUT2D eigenvalue weighted by molar-refractivity contribution is 9.10. The second-order valence-electron chi connectivity index (χ2n) is 5.64. The number of nitrogens with one attached hydrogen (secondary N) is 2. The highest BCUT2D eigenvalue weighted by atomic mass is 79.9. The first kappa shape index (κ1) is 18.3. The van der Waals surface area contributed by atoms with Gasteiger partial charge in [0, 0.05) is 17.1 Å². The van der Waals surface area contributed by atoms with Crippen LogP contribution in [0, 0.1) is 6.92 Å². The average Bonchev–Trinajstić information content (AvgIpc) is 2.95. The number of thiazole rings is 1. The first-order valence-electron chi connectivity index (χ1n) is 7.71. The van der Waals surface area contributed by atoms with Gasteiger partial charge in [0.15, 0.2) is 5.13 Å². The Labute approximate surface area is 162 Å². The molecule has 0 atom stereocenters. The first-order valence-corrected chi connectivity index (χ1v) is 9.32. The van der Waals surface area contributed by atoms with E-state index in [-0.39, 0.29) is 11.8 Å². The molecular formula is C18H16BrN3O3S. The van der Waals surface area contributed by atoms with Gasteiger partial charge in [-0.15, -0.1) is 0 Å². The largest absolute Gasteiger partial charge is 0.496 e. The lowest BCUT2D eigenvalue weighted by Gasteiger charge is -2.11. The highest BCUT2D eigenvalue weighted by Gasteiger charge is 2.17. The molecule has 26 heavy (non-hydrogen) atoms. The van der Waals surface area contributed by atoms with Crippen molar-refractivity contribution in [2.24, 2.45) is 0 Å². The lowest BCUT2D eigenvalue weighted by atomic mass is 10.1. The average molecular weight is 434 g/mol. The molecule has 8 heteroatoms. The van der Waals surface area contributed by atoms with Crippen LogP contribution in [0.5, 0.6) is 5.75 Å². The molecule has 0 unspecified atom stereocenters. The number of hydrogen-bond acceptors (Lipinski definition) is 5. The van der Waals surface area contributed by atoms with Crippen molar-refractivity contribution in [3.05, 3.63) is 45.9 Å². The summed E-state index contributed by atoms with van der Waals surface area (Å²) in [5.74, 6) is 0.0895. The Morgan fingerprint density at radius 1 is 1.19 bits per heavy atom. The lowest BCUT2D eigenvalue weighted by Crippen LogP contribution is -2.13. The number of methoxy groups -OCH3 is 1. The normalized spacial score (nSPS) is 10.6. The van der Waals surface area contributed by atoms with Crippen molar-refractivity contribution in [2.45, 2.75) is 13.8 Å². The van der Waals surface area contributed by atoms with Crippen molar-refractivity contribution in [1.82, 2.24) is 4.98 Å². The Morgan fingerprint density at radius 2 is 1.96 bits per heavy atom. The van der Waals surface area contributed by atoms with Crippen LogP contribution in [0.1, 0.15) is 22.8 Å². The predicted molar refractivity (Wildman–Crippen MR) is 107 cm³/mol. The third-order valence-corrected chi connectivity index (χ3v) is 5.01. The monoisotopic (exact) mass is 433 g/mol. The molecule has 1 heterocycles. The molecule has 3 rings (SSSR count). The Bertz CT molecular complexity index is 1020. The van der Waals surface area contributed by atoms with Crippen LogP contribution in [0.2, 0.25) is 0 Å². The van der Waals surface area contributed by atoms with Crippen LogP contribution < -0.4 is 15.4 Å². The van der Waals surface area contributed by atoms with E-state index in [2.05, 4.69) is 31.5 Å². The highest BCUT2D eigenvalue weighted by Crippen LogP contribution is 2.31. The predicted octanol–water partition coefficient (Wildman–Crippen LogP) is 4.59. The summed E-state index contributed by atoms with van der Waals surface area (Å²) in [5.41, 5.74) is 2.72. The second kappa shape index (κ2) is 7.43. The molecule has 3 aromatic rings. The van der Waals surface area contributed by atoms with E-state index in [0.717, 1.165) is 20.3 Å². The van der Waals surface area contributed by atoms with Crippen molar-refractivity contribution >= 4 is 60.1 Å². The third kappa shape index (κ3) is 3.86. The number of ether oxygens (including phenoxy) is 1. The molecular weight excluding hydrogens is 418 g/mol. The number of benzene rings is 2. The molecule has 134 valence electrons. The summed E-state index contributed by atoms with van der Waals surface area (Å²) in [7, 11) is 1.54. The molecule has 2 N–H and O–H groups in total. The number of fused-ring (bicyclic) bond motifs is 1. The number of rotatable bonds is 4. The SMILES string of the molecule is COc1c(C)cc(Br)cc1C(=O)Nc1nc2ccc(NC(C)=O)cc2s1. The standard InChI is InChI=1S/C18H16BrN3O3S/c1-9-6-11(19)7-13(16(9)25-3)17(24)22-18-21-14-5-4-12(20-10(2)23)8-15(14)26-18/h4-8H,1-3H3,(H,20,23)(H,21,22,24). The quantitative estimate of drug-likeness (QED) is 0.630. The van der Waals surface area contributed by atoms with Gasteiger partial charge in [-0.1, -0.05) is 27.3 Å². The van der Waals surface area contributed by atoms with Crippen LogP contribution in [-0.2, 0) is 4.79 Å². The molecule has 0 bridgehead atoms. The molecule has 0 aliphatic heterocycles. The Kier molecular flexibility index (Phi) is 5.24. The van der Waals surface area contributed by atoms with Crippen LogP contribution in [0.3, 0.4) is 0 Å². The minimum absolute atomic E-state index is 0.139. The summed E-state index contributed by atoms with van der Waals surface area (Å²) < 4.78 is 7.02. The molecule has 0 aliphatic rings. The van der Waals surface area contributed by atoms with E-state index in [0.29, 0.717) is 22.1 Å². The number of carbonyl (C=O) groups is 2. The minimum Gasteiger partial charge on any atom is -0.496 e. The number of carbonyl (C=O) groups excluding carboxylic acids is 2. The minimum atomic E-state index is -0.299. The summed E-state index contributed by atoms with van der Waals surface area (Å²) in [6, 6.07) is 9.00. The molecule has 0 aliphatic carbocycles. The summed E-state index contributed by atoms with van der Waals surface area (Å²) in [5, 5.41) is 6.03. The topological polar surface area (TPSA) is 80.3 Å². The van der Waals surface area contributed by atoms with Gasteiger partial charge in [0.25, 0.3) is 5.91 Å². The van der Waals surface area contributed by atoms with Crippen LogP contribution >= 0.6 is 27.3 Å². The van der Waals surface area contributed by atoms with Crippen molar-refractivity contribution in [3.8, 4) is 5.75 Å². The van der Waals surface area contributed by atoms with Gasteiger partial charge in [-0.3, -0.25) is 14.9 Å². The third-order valence-electron chi connectivity index (χ3n) is 3.62. The number of nitrogens with zero attached hydrogens (tertiary/aromatic N) is 1. The Morgan fingerprint density at radius 3 is 2.65 bits per heavy atom. The molecule has 0 saturated carbocycles. The molecule has 0 fully saturated rings. The van der Waals surface area contributed by atoms with Crippen LogP contribution in [0.4, 0.5) is 10.8 Å².